The van der Waals surface area contributed by atoms with Gasteiger partial charge in [0.25, 0.3) is 0 Å². The van der Waals surface area contributed by atoms with Gasteiger partial charge in [0.15, 0.2) is 0 Å². The number of likely N-dealkylation sites (N-methyl/N-ethyl adjacent to an activating group) is 1. The number of nitrogens with zero attached hydrogens (tertiary/aromatic N) is 3. The first-order valence-corrected chi connectivity index (χ1v) is 6.87. The van der Waals surface area contributed by atoms with E-state index in [4.69, 9.17) is 4.74 Å². The number of hydrogen-bond acceptors (Lipinski definition) is 4. The third-order valence-corrected chi connectivity index (χ3v) is 3.41. The molecule has 1 heterocycles. The smallest absolute Gasteiger partial charge is 0.135 e. The van der Waals surface area contributed by atoms with Crippen molar-refractivity contribution in [1.82, 2.24) is 9.97 Å². The molecule has 0 unspecified atom stereocenters. The van der Waals surface area contributed by atoms with Gasteiger partial charge in [-0.3, -0.25) is 0 Å². The van der Waals surface area contributed by atoms with E-state index in [2.05, 4.69) is 21.9 Å². The Balaban J connectivity index is 2.17. The number of aryl methyl sites for hydroxylation is 2. The molecule has 0 radical (unpaired) electrons. The fourth-order valence-corrected chi connectivity index (χ4v) is 2.46. The summed E-state index contributed by atoms with van der Waals surface area (Å²) < 4.78 is 5.41. The predicted octanol–water partition coefficient (Wildman–Crippen LogP) is 2.14. The second-order valence-corrected chi connectivity index (χ2v) is 4.85. The second kappa shape index (κ2) is 6.14. The first-order valence-electron chi connectivity index (χ1n) is 6.87. The molecule has 0 amide bonds. The maximum absolute atomic E-state index is 5.41. The number of hydrogen-bond donors (Lipinski definition) is 0. The van der Waals surface area contributed by atoms with E-state index in [1.807, 2.05) is 13.8 Å². The highest BCUT2D eigenvalue weighted by atomic mass is 16.5. The average molecular weight is 249 g/mol. The Morgan fingerprint density at radius 2 is 2.00 bits per heavy atom. The minimum absolute atomic E-state index is 0.755. The Labute approximate surface area is 109 Å². The SMILES string of the molecule is CCOCCN(C)c1nc(C)nc2c1CCCC2. The van der Waals surface area contributed by atoms with Gasteiger partial charge in [-0.15, -0.1) is 0 Å². The van der Waals surface area contributed by atoms with Gasteiger partial charge in [0, 0.05) is 31.5 Å². The number of fused-ring (bicyclic) bond motifs is 1. The van der Waals surface area contributed by atoms with Crippen molar-refractivity contribution in [3.05, 3.63) is 17.1 Å². The van der Waals surface area contributed by atoms with Crippen molar-refractivity contribution in [1.29, 1.82) is 0 Å². The van der Waals surface area contributed by atoms with Crippen LogP contribution in [0.5, 0.6) is 0 Å². The molecular formula is C14H23N3O. The molecule has 0 saturated heterocycles. The summed E-state index contributed by atoms with van der Waals surface area (Å²) in [6.07, 6.45) is 4.73. The van der Waals surface area contributed by atoms with E-state index in [0.717, 1.165) is 44.2 Å². The molecule has 4 nitrogen and oxygen atoms in total. The number of rotatable bonds is 5. The lowest BCUT2D eigenvalue weighted by molar-refractivity contribution is 0.154. The molecule has 1 aromatic rings. The molecule has 0 fully saturated rings. The quantitative estimate of drug-likeness (QED) is 0.749. The minimum atomic E-state index is 0.755. The van der Waals surface area contributed by atoms with Crippen LogP contribution in [0.25, 0.3) is 0 Å². The lowest BCUT2D eigenvalue weighted by atomic mass is 9.96. The van der Waals surface area contributed by atoms with Crippen molar-refractivity contribution in [2.24, 2.45) is 0 Å². The van der Waals surface area contributed by atoms with Crippen molar-refractivity contribution < 1.29 is 4.74 Å². The van der Waals surface area contributed by atoms with E-state index in [1.54, 1.807) is 0 Å². The molecule has 0 spiro atoms. The van der Waals surface area contributed by atoms with Crippen LogP contribution in [-0.4, -0.2) is 36.8 Å². The van der Waals surface area contributed by atoms with E-state index in [1.165, 1.54) is 24.1 Å². The Morgan fingerprint density at radius 3 is 2.78 bits per heavy atom. The summed E-state index contributed by atoms with van der Waals surface area (Å²) in [5, 5.41) is 0. The van der Waals surface area contributed by atoms with Gasteiger partial charge in [-0.2, -0.15) is 0 Å². The van der Waals surface area contributed by atoms with Gasteiger partial charge in [-0.05, 0) is 39.5 Å². The second-order valence-electron chi connectivity index (χ2n) is 4.85. The van der Waals surface area contributed by atoms with Gasteiger partial charge < -0.3 is 9.64 Å². The van der Waals surface area contributed by atoms with Crippen molar-refractivity contribution in [3.63, 3.8) is 0 Å². The average Bonchev–Trinajstić information content (AvgIpc) is 2.38. The molecule has 100 valence electrons. The maximum Gasteiger partial charge on any atom is 0.135 e. The third kappa shape index (κ3) is 2.99. The lowest BCUT2D eigenvalue weighted by Gasteiger charge is -2.25. The van der Waals surface area contributed by atoms with Crippen LogP contribution in [0, 0.1) is 6.92 Å². The van der Waals surface area contributed by atoms with E-state index in [-0.39, 0.29) is 0 Å². The van der Waals surface area contributed by atoms with Crippen LogP contribution in [0.15, 0.2) is 0 Å². The minimum Gasteiger partial charge on any atom is -0.380 e. The monoisotopic (exact) mass is 249 g/mol. The molecule has 1 aliphatic rings. The highest BCUT2D eigenvalue weighted by Crippen LogP contribution is 2.27. The zero-order valence-corrected chi connectivity index (χ0v) is 11.7. The summed E-state index contributed by atoms with van der Waals surface area (Å²) in [6.45, 7) is 6.42. The number of aromatic nitrogens is 2. The zero-order valence-electron chi connectivity index (χ0n) is 11.7. The maximum atomic E-state index is 5.41. The Bertz CT molecular complexity index is 406. The van der Waals surface area contributed by atoms with Crippen LogP contribution in [0.3, 0.4) is 0 Å². The van der Waals surface area contributed by atoms with Crippen molar-refractivity contribution in [2.45, 2.75) is 39.5 Å². The fraction of sp³-hybridized carbons (Fsp3) is 0.714. The molecule has 0 bridgehead atoms. The van der Waals surface area contributed by atoms with Crippen LogP contribution < -0.4 is 4.90 Å². The zero-order chi connectivity index (χ0) is 13.0. The first kappa shape index (κ1) is 13.3. The standard InChI is InChI=1S/C14H23N3O/c1-4-18-10-9-17(3)14-12-7-5-6-8-13(12)15-11(2)16-14/h4-10H2,1-3H3. The van der Waals surface area contributed by atoms with Crippen molar-refractivity contribution in [3.8, 4) is 0 Å². The van der Waals surface area contributed by atoms with Gasteiger partial charge in [0.1, 0.15) is 11.6 Å². The molecule has 1 aliphatic carbocycles. The summed E-state index contributed by atoms with van der Waals surface area (Å²) in [4.78, 5) is 11.4. The van der Waals surface area contributed by atoms with Crippen LogP contribution in [0.2, 0.25) is 0 Å². The molecule has 0 aliphatic heterocycles. The molecular weight excluding hydrogens is 226 g/mol. The van der Waals surface area contributed by atoms with Crippen molar-refractivity contribution >= 4 is 5.82 Å². The van der Waals surface area contributed by atoms with E-state index < -0.39 is 0 Å². The van der Waals surface area contributed by atoms with Crippen LogP contribution in [0.1, 0.15) is 36.8 Å². The molecule has 0 aromatic carbocycles. The van der Waals surface area contributed by atoms with Gasteiger partial charge in [0.05, 0.1) is 6.61 Å². The van der Waals surface area contributed by atoms with Gasteiger partial charge in [-0.25, -0.2) is 9.97 Å². The van der Waals surface area contributed by atoms with E-state index in [9.17, 15) is 0 Å². The summed E-state index contributed by atoms with van der Waals surface area (Å²) >= 11 is 0. The van der Waals surface area contributed by atoms with Crippen LogP contribution in [-0.2, 0) is 17.6 Å². The molecule has 2 rings (SSSR count). The van der Waals surface area contributed by atoms with Gasteiger partial charge in [0.2, 0.25) is 0 Å². The van der Waals surface area contributed by atoms with Crippen molar-refractivity contribution in [2.75, 3.05) is 31.7 Å². The molecule has 0 saturated carbocycles. The Kier molecular flexibility index (Phi) is 4.53. The molecule has 4 heteroatoms. The predicted molar refractivity (Wildman–Crippen MR) is 73.2 cm³/mol. The van der Waals surface area contributed by atoms with Crippen LogP contribution >= 0.6 is 0 Å². The number of anilines is 1. The molecule has 1 aromatic heterocycles. The highest BCUT2D eigenvalue weighted by molar-refractivity contribution is 5.49. The summed E-state index contributed by atoms with van der Waals surface area (Å²) in [5.41, 5.74) is 2.61. The third-order valence-electron chi connectivity index (χ3n) is 3.41. The summed E-state index contributed by atoms with van der Waals surface area (Å²) in [5.74, 6) is 1.99. The highest BCUT2D eigenvalue weighted by Gasteiger charge is 2.18. The topological polar surface area (TPSA) is 38.2 Å². The molecule has 18 heavy (non-hydrogen) atoms. The normalized spacial score (nSPS) is 14.4. The van der Waals surface area contributed by atoms with E-state index in [0.29, 0.717) is 0 Å². The summed E-state index contributed by atoms with van der Waals surface area (Å²) in [6, 6.07) is 0. The largest absolute Gasteiger partial charge is 0.380 e. The number of ether oxygens (including phenoxy) is 1. The first-order chi connectivity index (χ1) is 8.72. The fourth-order valence-electron chi connectivity index (χ4n) is 2.46. The molecule has 0 N–H and O–H groups in total. The summed E-state index contributed by atoms with van der Waals surface area (Å²) in [7, 11) is 2.09. The Hall–Kier alpha value is -1.16. The van der Waals surface area contributed by atoms with E-state index >= 15 is 0 Å². The van der Waals surface area contributed by atoms with Crippen LogP contribution in [0.4, 0.5) is 5.82 Å². The lowest BCUT2D eigenvalue weighted by Crippen LogP contribution is -2.26. The van der Waals surface area contributed by atoms with Gasteiger partial charge in [-0.1, -0.05) is 0 Å². The van der Waals surface area contributed by atoms with Gasteiger partial charge >= 0.3 is 0 Å². The Morgan fingerprint density at radius 1 is 1.22 bits per heavy atom. The molecule has 0 atom stereocenters.